The van der Waals surface area contributed by atoms with Crippen molar-refractivity contribution in [2.75, 3.05) is 13.2 Å². The number of aliphatic hydroxyl groups excluding tert-OH is 3. The zero-order chi connectivity index (χ0) is 29.5. The fourth-order valence-electron chi connectivity index (χ4n) is 3.11. The number of aliphatic hydroxyl groups is 3. The van der Waals surface area contributed by atoms with Gasteiger partial charge in [-0.1, -0.05) is 0 Å². The van der Waals surface area contributed by atoms with E-state index in [0.29, 0.717) is 4.57 Å². The van der Waals surface area contributed by atoms with Gasteiger partial charge in [-0.2, -0.15) is 4.31 Å². The van der Waals surface area contributed by atoms with Crippen molar-refractivity contribution in [3.05, 3.63) is 33.1 Å². The molecule has 0 radical (unpaired) electrons. The Morgan fingerprint density at radius 1 is 1.21 bits per heavy atom. The molecule has 7 N–H and O–H groups in total. The van der Waals surface area contributed by atoms with Crippen LogP contribution in [0.1, 0.15) is 13.2 Å². The molecule has 2 heterocycles. The topological polar surface area (TPSA) is 300 Å². The van der Waals surface area contributed by atoms with Crippen LogP contribution >= 0.6 is 15.6 Å². The molecule has 0 aliphatic carbocycles. The molecular weight excluding hydrogens is 580 g/mol. The number of amides is 1. The number of ether oxygens (including phenoxy) is 2. The van der Waals surface area contributed by atoms with Crippen LogP contribution in [0.15, 0.2) is 21.9 Å². The van der Waals surface area contributed by atoms with Crippen LogP contribution in [0.25, 0.3) is 0 Å². The van der Waals surface area contributed by atoms with Crippen molar-refractivity contribution in [1.82, 2.24) is 14.9 Å². The highest BCUT2D eigenvalue weighted by molar-refractivity contribution is 7.61. The number of hydrogen-bond donors (Lipinski definition) is 7. The lowest BCUT2D eigenvalue weighted by molar-refractivity contribution is -0.247. The van der Waals surface area contributed by atoms with Gasteiger partial charge >= 0.3 is 21.3 Å². The van der Waals surface area contributed by atoms with Crippen LogP contribution in [-0.4, -0.2) is 103 Å². The summed E-state index contributed by atoms with van der Waals surface area (Å²) in [7, 11) is -11.2. The molecule has 220 valence electrons. The highest BCUT2D eigenvalue weighted by atomic mass is 31.3. The molecule has 1 aromatic rings. The van der Waals surface area contributed by atoms with Gasteiger partial charge in [0.05, 0.1) is 13.2 Å². The maximum atomic E-state index is 12.4. The lowest BCUT2D eigenvalue weighted by Crippen LogP contribution is -2.64. The fraction of sp³-hybridized carbons (Fsp3) is 0.588. The van der Waals surface area contributed by atoms with Gasteiger partial charge in [-0.25, -0.2) is 13.9 Å². The van der Waals surface area contributed by atoms with Crippen molar-refractivity contribution < 1.29 is 71.5 Å². The first-order valence-electron chi connectivity index (χ1n) is 10.6. The van der Waals surface area contributed by atoms with Crippen molar-refractivity contribution in [2.24, 2.45) is 0 Å². The lowest BCUT2D eigenvalue weighted by Gasteiger charge is -2.42. The van der Waals surface area contributed by atoms with E-state index in [1.54, 1.807) is 0 Å². The molecule has 2 rings (SSSR count). The van der Waals surface area contributed by atoms with Gasteiger partial charge in [0.25, 0.3) is 5.56 Å². The van der Waals surface area contributed by atoms with E-state index in [4.69, 9.17) is 9.47 Å². The van der Waals surface area contributed by atoms with Crippen molar-refractivity contribution in [3.63, 3.8) is 0 Å². The van der Waals surface area contributed by atoms with Gasteiger partial charge in [0.1, 0.15) is 30.5 Å². The molecule has 22 heteroatoms. The lowest BCUT2D eigenvalue weighted by atomic mass is 9.97. The van der Waals surface area contributed by atoms with Crippen LogP contribution in [0.2, 0.25) is 0 Å². The van der Waals surface area contributed by atoms with E-state index in [1.807, 2.05) is 4.98 Å². The van der Waals surface area contributed by atoms with Crippen LogP contribution in [-0.2, 0) is 46.3 Å². The second-order valence-electron chi connectivity index (χ2n) is 7.71. The smallest absolute Gasteiger partial charge is 0.394 e. The van der Waals surface area contributed by atoms with E-state index < -0.39 is 89.0 Å². The van der Waals surface area contributed by atoms with Crippen LogP contribution in [0.5, 0.6) is 0 Å². The minimum absolute atomic E-state index is 0.0160. The van der Waals surface area contributed by atoms with E-state index in [9.17, 15) is 58.2 Å². The highest BCUT2D eigenvalue weighted by Crippen LogP contribution is 2.61. The number of hydrogen-bond acceptors (Lipinski definition) is 15. The number of phosphoric ester groups is 2. The van der Waals surface area contributed by atoms with Gasteiger partial charge in [0.15, 0.2) is 25.1 Å². The van der Waals surface area contributed by atoms with Gasteiger partial charge in [-0.15, -0.1) is 0 Å². The molecule has 1 aliphatic rings. The number of H-pyrrole nitrogens is 1. The SMILES string of the molecule is CC(=O)N[C@H]1[C@@H](OP(=O)(O)OP(=O)(O)OC[C@H](C=O)O[C@H](C=O)n2ccc(=O)[nH]c2=O)O[C@H](CO)[C@@H](O)[C@@H]1O. The Hall–Kier alpha value is -2.45. The van der Waals surface area contributed by atoms with Crippen molar-refractivity contribution in [1.29, 1.82) is 0 Å². The Balaban J connectivity index is 2.08. The Morgan fingerprint density at radius 2 is 1.87 bits per heavy atom. The van der Waals surface area contributed by atoms with Gasteiger partial charge < -0.3 is 44.7 Å². The minimum atomic E-state index is -5.66. The summed E-state index contributed by atoms with van der Waals surface area (Å²) in [5.74, 6) is -0.812. The normalized spacial score (nSPS) is 27.9. The van der Waals surface area contributed by atoms with Crippen molar-refractivity contribution >= 4 is 34.1 Å². The summed E-state index contributed by atoms with van der Waals surface area (Å²) in [6, 6.07) is -0.857. The second-order valence-corrected chi connectivity index (χ2v) is 10.7. The van der Waals surface area contributed by atoms with Gasteiger partial charge in [0.2, 0.25) is 5.91 Å². The first-order chi connectivity index (χ1) is 18.1. The zero-order valence-electron chi connectivity index (χ0n) is 19.7. The standard InChI is InChI=1S/C17H25N3O17P2/c1-8(24)18-13-15(27)14(26)10(5-22)35-16(13)36-39(31,32)37-38(29,30)33-7-9(4-21)34-12(6-23)20-3-2-11(25)19-17(20)28/h2-4,6,9-10,12-16,22,26-27H,5,7H2,1H3,(H,18,24)(H,29,30)(H,31,32)(H,19,25,28)/t9-,10+,12+,13+,14+,15+,16+/m0/s1. The van der Waals surface area contributed by atoms with Crippen LogP contribution in [0.4, 0.5) is 0 Å². The number of aromatic amines is 1. The Labute approximate surface area is 217 Å². The first kappa shape index (κ1) is 32.8. The predicted octanol–water partition coefficient (Wildman–Crippen LogP) is -3.99. The average molecular weight is 605 g/mol. The maximum absolute atomic E-state index is 12.4. The van der Waals surface area contributed by atoms with Crippen LogP contribution in [0.3, 0.4) is 0 Å². The highest BCUT2D eigenvalue weighted by Gasteiger charge is 2.49. The van der Waals surface area contributed by atoms with E-state index in [1.165, 1.54) is 0 Å². The molecule has 2 unspecified atom stereocenters. The molecule has 1 amide bonds. The molecule has 1 aromatic heterocycles. The number of nitrogens with zero attached hydrogens (tertiary/aromatic N) is 1. The molecule has 9 atom stereocenters. The summed E-state index contributed by atoms with van der Waals surface area (Å²) in [5, 5.41) is 31.5. The molecule has 0 bridgehead atoms. The average Bonchev–Trinajstić information content (AvgIpc) is 2.83. The van der Waals surface area contributed by atoms with E-state index in [-0.39, 0.29) is 12.6 Å². The number of carbonyl (C=O) groups is 3. The molecule has 39 heavy (non-hydrogen) atoms. The molecule has 20 nitrogen and oxygen atoms in total. The monoisotopic (exact) mass is 605 g/mol. The molecular formula is C17H25N3O17P2. The predicted molar refractivity (Wildman–Crippen MR) is 120 cm³/mol. The Kier molecular flexibility index (Phi) is 11.6. The number of phosphoric acid groups is 2. The molecule has 0 aromatic carbocycles. The molecule has 1 saturated heterocycles. The first-order valence-corrected chi connectivity index (χ1v) is 13.6. The third-order valence-corrected chi connectivity index (χ3v) is 7.40. The fourth-order valence-corrected chi connectivity index (χ4v) is 5.28. The summed E-state index contributed by atoms with van der Waals surface area (Å²) in [6.07, 6.45) is -10.1. The summed E-state index contributed by atoms with van der Waals surface area (Å²) in [5.41, 5.74) is -1.90. The zero-order valence-corrected chi connectivity index (χ0v) is 21.5. The number of rotatable bonds is 14. The number of carbonyl (C=O) groups excluding carboxylic acids is 3. The third kappa shape index (κ3) is 9.31. The molecule has 1 fully saturated rings. The van der Waals surface area contributed by atoms with E-state index >= 15 is 0 Å². The van der Waals surface area contributed by atoms with Crippen molar-refractivity contribution in [2.45, 2.75) is 49.9 Å². The van der Waals surface area contributed by atoms with E-state index in [2.05, 4.69) is 18.7 Å². The number of nitrogens with one attached hydrogen (secondary N) is 2. The second kappa shape index (κ2) is 13.8. The summed E-state index contributed by atoms with van der Waals surface area (Å²) < 4.78 is 48.4. The molecule has 0 spiro atoms. The van der Waals surface area contributed by atoms with Crippen LogP contribution in [0, 0.1) is 0 Å². The van der Waals surface area contributed by atoms with Gasteiger partial charge in [0, 0.05) is 19.2 Å². The van der Waals surface area contributed by atoms with E-state index in [0.717, 1.165) is 19.2 Å². The van der Waals surface area contributed by atoms with Crippen molar-refractivity contribution in [3.8, 4) is 0 Å². The quantitative estimate of drug-likeness (QED) is 0.0785. The maximum Gasteiger partial charge on any atom is 0.483 e. The number of aldehydes is 2. The summed E-state index contributed by atoms with van der Waals surface area (Å²) in [6.45, 7) is -1.11. The summed E-state index contributed by atoms with van der Waals surface area (Å²) in [4.78, 5) is 78.6. The Bertz CT molecular complexity index is 1240. The third-order valence-electron chi connectivity index (χ3n) is 4.80. The molecule has 0 saturated carbocycles. The summed E-state index contributed by atoms with van der Waals surface area (Å²) >= 11 is 0. The number of aromatic nitrogens is 2. The van der Waals surface area contributed by atoms with Gasteiger partial charge in [-0.3, -0.25) is 33.0 Å². The Morgan fingerprint density at radius 3 is 2.41 bits per heavy atom. The van der Waals surface area contributed by atoms with Gasteiger partial charge in [-0.05, 0) is 0 Å². The molecule has 1 aliphatic heterocycles. The minimum Gasteiger partial charge on any atom is -0.394 e. The largest absolute Gasteiger partial charge is 0.483 e. The van der Waals surface area contributed by atoms with Crippen LogP contribution < -0.4 is 16.6 Å².